The number of rotatable bonds is 4. The number of anilines is 1. The van der Waals surface area contributed by atoms with E-state index in [1.807, 2.05) is 0 Å². The third-order valence-corrected chi connectivity index (χ3v) is 4.58. The van der Waals surface area contributed by atoms with Gasteiger partial charge >= 0.3 is 0 Å². The van der Waals surface area contributed by atoms with E-state index in [-0.39, 0.29) is 16.2 Å². The SMILES string of the molecule is COc1ccc(S(N)(=O)=O)cc1C(=O)Nc1cccc(Cl)c1C. The fourth-order valence-corrected chi connectivity index (χ4v) is 2.69. The molecule has 0 saturated heterocycles. The maximum absolute atomic E-state index is 12.5. The van der Waals surface area contributed by atoms with E-state index in [1.54, 1.807) is 25.1 Å². The molecule has 0 atom stereocenters. The van der Waals surface area contributed by atoms with Crippen molar-refractivity contribution in [3.8, 4) is 5.75 Å². The van der Waals surface area contributed by atoms with Crippen LogP contribution in [0.1, 0.15) is 15.9 Å². The molecule has 0 saturated carbocycles. The lowest BCUT2D eigenvalue weighted by Crippen LogP contribution is -2.17. The van der Waals surface area contributed by atoms with Gasteiger partial charge in [0.05, 0.1) is 17.6 Å². The zero-order chi connectivity index (χ0) is 17.2. The van der Waals surface area contributed by atoms with E-state index >= 15 is 0 Å². The Morgan fingerprint density at radius 1 is 1.26 bits per heavy atom. The van der Waals surface area contributed by atoms with Crippen LogP contribution in [0.4, 0.5) is 5.69 Å². The molecule has 3 N–H and O–H groups in total. The highest BCUT2D eigenvalue weighted by Gasteiger charge is 2.18. The number of sulfonamides is 1. The smallest absolute Gasteiger partial charge is 0.259 e. The molecule has 0 bridgehead atoms. The summed E-state index contributed by atoms with van der Waals surface area (Å²) in [6.45, 7) is 1.76. The zero-order valence-electron chi connectivity index (χ0n) is 12.5. The second-order valence-electron chi connectivity index (χ2n) is 4.77. The molecule has 0 aromatic heterocycles. The van der Waals surface area contributed by atoms with Gasteiger partial charge in [-0.3, -0.25) is 4.79 Å². The Kier molecular flexibility index (Phi) is 4.93. The van der Waals surface area contributed by atoms with Gasteiger partial charge in [-0.05, 0) is 42.8 Å². The fraction of sp³-hybridized carbons (Fsp3) is 0.133. The average molecular weight is 355 g/mol. The third kappa shape index (κ3) is 3.82. The van der Waals surface area contributed by atoms with Crippen molar-refractivity contribution < 1.29 is 17.9 Å². The standard InChI is InChI=1S/C15H15ClN2O4S/c1-9-12(16)4-3-5-13(9)18-15(19)11-8-10(23(17,20)21)6-7-14(11)22-2/h3-8H,1-2H3,(H,18,19)(H2,17,20,21). The van der Waals surface area contributed by atoms with Crippen LogP contribution in [0.3, 0.4) is 0 Å². The average Bonchev–Trinajstić information content (AvgIpc) is 2.50. The molecule has 0 spiro atoms. The summed E-state index contributed by atoms with van der Waals surface area (Å²) < 4.78 is 28.0. The molecule has 23 heavy (non-hydrogen) atoms. The lowest BCUT2D eigenvalue weighted by molar-refractivity contribution is 0.102. The van der Waals surface area contributed by atoms with Gasteiger partial charge < -0.3 is 10.1 Å². The van der Waals surface area contributed by atoms with E-state index in [2.05, 4.69) is 5.32 Å². The third-order valence-electron chi connectivity index (χ3n) is 3.26. The van der Waals surface area contributed by atoms with Crippen molar-refractivity contribution in [1.29, 1.82) is 0 Å². The predicted octanol–water partition coefficient (Wildman–Crippen LogP) is 2.56. The Balaban J connectivity index is 2.44. The normalized spacial score (nSPS) is 11.1. The quantitative estimate of drug-likeness (QED) is 0.881. The van der Waals surface area contributed by atoms with Crippen LogP contribution >= 0.6 is 11.6 Å². The Hall–Kier alpha value is -2.09. The molecule has 1 amide bonds. The van der Waals surface area contributed by atoms with Gasteiger partial charge in [0.25, 0.3) is 5.91 Å². The first kappa shape index (κ1) is 17.3. The van der Waals surface area contributed by atoms with Gasteiger partial charge in [-0.25, -0.2) is 13.6 Å². The summed E-state index contributed by atoms with van der Waals surface area (Å²) in [5, 5.41) is 8.29. The summed E-state index contributed by atoms with van der Waals surface area (Å²) in [4.78, 5) is 12.3. The highest BCUT2D eigenvalue weighted by molar-refractivity contribution is 7.89. The number of benzene rings is 2. The van der Waals surface area contributed by atoms with Crippen LogP contribution in [-0.4, -0.2) is 21.4 Å². The van der Waals surface area contributed by atoms with Crippen molar-refractivity contribution >= 4 is 33.2 Å². The molecule has 2 aromatic rings. The van der Waals surface area contributed by atoms with E-state index in [9.17, 15) is 13.2 Å². The lowest BCUT2D eigenvalue weighted by Gasteiger charge is -2.12. The van der Waals surface area contributed by atoms with Gasteiger partial charge in [-0.15, -0.1) is 0 Å². The van der Waals surface area contributed by atoms with Gasteiger partial charge in [0.15, 0.2) is 0 Å². The van der Waals surface area contributed by atoms with Crippen molar-refractivity contribution in [3.05, 3.63) is 52.5 Å². The molecular weight excluding hydrogens is 340 g/mol. The van der Waals surface area contributed by atoms with E-state index in [0.29, 0.717) is 16.3 Å². The molecule has 0 aliphatic carbocycles. The highest BCUT2D eigenvalue weighted by Crippen LogP contribution is 2.26. The molecule has 122 valence electrons. The summed E-state index contributed by atoms with van der Waals surface area (Å²) in [7, 11) is -2.55. The number of nitrogens with two attached hydrogens (primary N) is 1. The number of carbonyl (C=O) groups excluding carboxylic acids is 1. The van der Waals surface area contributed by atoms with Crippen molar-refractivity contribution in [1.82, 2.24) is 0 Å². The molecule has 0 fully saturated rings. The molecule has 2 aromatic carbocycles. The predicted molar refractivity (Wildman–Crippen MR) is 88.5 cm³/mol. The van der Waals surface area contributed by atoms with Crippen LogP contribution in [0.2, 0.25) is 5.02 Å². The topological polar surface area (TPSA) is 98.5 Å². The molecule has 2 rings (SSSR count). The Morgan fingerprint density at radius 3 is 2.57 bits per heavy atom. The van der Waals surface area contributed by atoms with Crippen LogP contribution in [0.25, 0.3) is 0 Å². The van der Waals surface area contributed by atoms with Crippen LogP contribution in [0.15, 0.2) is 41.3 Å². The number of nitrogens with one attached hydrogen (secondary N) is 1. The van der Waals surface area contributed by atoms with Crippen LogP contribution in [-0.2, 0) is 10.0 Å². The number of carbonyl (C=O) groups is 1. The number of hydrogen-bond acceptors (Lipinski definition) is 4. The molecular formula is C15H15ClN2O4S. The monoisotopic (exact) mass is 354 g/mol. The molecule has 0 heterocycles. The minimum Gasteiger partial charge on any atom is -0.496 e. The van der Waals surface area contributed by atoms with Crippen molar-refractivity contribution in [3.63, 3.8) is 0 Å². The van der Waals surface area contributed by atoms with Crippen molar-refractivity contribution in [2.24, 2.45) is 5.14 Å². The van der Waals surface area contributed by atoms with Gasteiger partial charge in [0, 0.05) is 10.7 Å². The number of halogens is 1. The first-order valence-electron chi connectivity index (χ1n) is 6.51. The molecule has 0 unspecified atom stereocenters. The van der Waals surface area contributed by atoms with E-state index < -0.39 is 15.9 Å². The maximum atomic E-state index is 12.5. The first-order chi connectivity index (χ1) is 10.7. The summed E-state index contributed by atoms with van der Waals surface area (Å²) in [6.07, 6.45) is 0. The van der Waals surface area contributed by atoms with Gasteiger partial charge in [0.1, 0.15) is 5.75 Å². The number of hydrogen-bond donors (Lipinski definition) is 2. The van der Waals surface area contributed by atoms with Crippen LogP contribution in [0, 0.1) is 6.92 Å². The summed E-state index contributed by atoms with van der Waals surface area (Å²) in [5.41, 5.74) is 1.27. The summed E-state index contributed by atoms with van der Waals surface area (Å²) in [5.74, 6) is -0.299. The molecule has 0 radical (unpaired) electrons. The maximum Gasteiger partial charge on any atom is 0.259 e. The minimum absolute atomic E-state index is 0.0541. The number of ether oxygens (including phenoxy) is 1. The highest BCUT2D eigenvalue weighted by atomic mass is 35.5. The van der Waals surface area contributed by atoms with E-state index in [4.69, 9.17) is 21.5 Å². The second kappa shape index (κ2) is 6.57. The van der Waals surface area contributed by atoms with Crippen molar-refractivity contribution in [2.45, 2.75) is 11.8 Å². The molecule has 0 aliphatic heterocycles. The molecule has 8 heteroatoms. The lowest BCUT2D eigenvalue weighted by atomic mass is 10.1. The fourth-order valence-electron chi connectivity index (χ4n) is 1.97. The largest absolute Gasteiger partial charge is 0.496 e. The van der Waals surface area contributed by atoms with Crippen LogP contribution in [0.5, 0.6) is 5.75 Å². The number of amides is 1. The molecule has 0 aliphatic rings. The molecule has 6 nitrogen and oxygen atoms in total. The minimum atomic E-state index is -3.93. The number of primary sulfonamides is 1. The van der Waals surface area contributed by atoms with Gasteiger partial charge in [-0.1, -0.05) is 17.7 Å². The Labute approximate surface area is 139 Å². The van der Waals surface area contributed by atoms with Crippen molar-refractivity contribution in [2.75, 3.05) is 12.4 Å². The Bertz CT molecular complexity index is 866. The van der Waals surface area contributed by atoms with Gasteiger partial charge in [-0.2, -0.15) is 0 Å². The van der Waals surface area contributed by atoms with Crippen LogP contribution < -0.4 is 15.2 Å². The van der Waals surface area contributed by atoms with E-state index in [0.717, 1.165) is 0 Å². The second-order valence-corrected chi connectivity index (χ2v) is 6.74. The van der Waals surface area contributed by atoms with Gasteiger partial charge in [0.2, 0.25) is 10.0 Å². The zero-order valence-corrected chi connectivity index (χ0v) is 14.0. The Morgan fingerprint density at radius 2 is 1.96 bits per heavy atom. The summed E-state index contributed by atoms with van der Waals surface area (Å²) in [6, 6.07) is 8.91. The summed E-state index contributed by atoms with van der Waals surface area (Å²) >= 11 is 6.02. The first-order valence-corrected chi connectivity index (χ1v) is 8.43. The van der Waals surface area contributed by atoms with E-state index in [1.165, 1.54) is 25.3 Å². The number of methoxy groups -OCH3 is 1.